The van der Waals surface area contributed by atoms with E-state index in [1.807, 2.05) is 0 Å². The first-order chi connectivity index (χ1) is 15.7. The van der Waals surface area contributed by atoms with E-state index in [0.29, 0.717) is 0 Å². The molecule has 0 spiro atoms. The molecule has 0 aliphatic heterocycles. The van der Waals surface area contributed by atoms with Crippen LogP contribution in [0.1, 0.15) is 54.4 Å². The number of esters is 6. The number of rotatable bonds is 9. The minimum absolute atomic E-state index is 0.291. The van der Waals surface area contributed by atoms with Gasteiger partial charge in [-0.1, -0.05) is 0 Å². The Kier molecular flexibility index (Phi) is 10.4. The molecule has 1 saturated carbocycles. The number of carbonyl (C=O) groups is 6. The predicted octanol–water partition coefficient (Wildman–Crippen LogP) is 0.710. The van der Waals surface area contributed by atoms with E-state index >= 15 is 0 Å². The number of hydrogen-bond acceptors (Lipinski definition) is 12. The summed E-state index contributed by atoms with van der Waals surface area (Å²) < 4.78 is 45.4. The normalized spacial score (nSPS) is 28.1. The fourth-order valence-corrected chi connectivity index (χ4v) is 3.97. The van der Waals surface area contributed by atoms with E-state index in [1.54, 1.807) is 0 Å². The molecule has 0 saturated heterocycles. The van der Waals surface area contributed by atoms with Crippen molar-refractivity contribution in [2.24, 2.45) is 0 Å². The Labute approximate surface area is 195 Å². The highest BCUT2D eigenvalue weighted by molar-refractivity contribution is 5.71. The third kappa shape index (κ3) is 7.39. The summed E-state index contributed by atoms with van der Waals surface area (Å²) in [5.74, 6) is -5.59. The van der Waals surface area contributed by atoms with Crippen LogP contribution in [0.15, 0.2) is 0 Å². The van der Waals surface area contributed by atoms with Crippen LogP contribution in [0.5, 0.6) is 0 Å². The summed E-state index contributed by atoms with van der Waals surface area (Å²) in [6.45, 7) is 5.08. The van der Waals surface area contributed by atoms with Crippen LogP contribution in [0.2, 0.25) is 0 Å². The Balaban J connectivity index is 4.00. The Morgan fingerprint density at radius 1 is 0.588 bits per heavy atom. The van der Waals surface area contributed by atoms with Crippen molar-refractivity contribution < 1.29 is 61.6 Å². The summed E-state index contributed by atoms with van der Waals surface area (Å²) in [5, 5.41) is 0. The highest BCUT2D eigenvalue weighted by Gasteiger charge is 2.68. The lowest BCUT2D eigenvalue weighted by atomic mass is 9.71. The van der Waals surface area contributed by atoms with Gasteiger partial charge in [0, 0.05) is 41.5 Å². The number of hydrogen-bond donors (Lipinski definition) is 0. The van der Waals surface area contributed by atoms with Crippen molar-refractivity contribution in [3.05, 3.63) is 0 Å². The summed E-state index contributed by atoms with van der Waals surface area (Å²) in [4.78, 5) is 72.0. The quantitative estimate of drug-likeness (QED) is 0.328. The number of halogens is 1. The second-order valence-corrected chi connectivity index (χ2v) is 7.62. The zero-order valence-electron chi connectivity index (χ0n) is 19.8. The van der Waals surface area contributed by atoms with E-state index in [-0.39, 0.29) is 6.42 Å². The lowest BCUT2D eigenvalue weighted by Crippen LogP contribution is -2.75. The van der Waals surface area contributed by atoms with E-state index in [1.165, 1.54) is 0 Å². The molecule has 0 aromatic rings. The second kappa shape index (κ2) is 12.3. The summed E-state index contributed by atoms with van der Waals surface area (Å²) in [5.41, 5.74) is -2.19. The van der Waals surface area contributed by atoms with E-state index < -0.39 is 85.0 Å². The van der Waals surface area contributed by atoms with Crippen LogP contribution in [0.3, 0.4) is 0 Å². The molecule has 1 rings (SSSR count). The molecule has 1 aliphatic carbocycles. The van der Waals surface area contributed by atoms with Crippen LogP contribution in [0, 0.1) is 0 Å². The zero-order chi connectivity index (χ0) is 26.2. The Hall–Kier alpha value is -3.25. The van der Waals surface area contributed by atoms with Crippen LogP contribution >= 0.6 is 0 Å². The van der Waals surface area contributed by atoms with Crippen molar-refractivity contribution in [1.82, 2.24) is 0 Å². The van der Waals surface area contributed by atoms with E-state index in [2.05, 4.69) is 0 Å². The van der Waals surface area contributed by atoms with Gasteiger partial charge in [-0.3, -0.25) is 33.2 Å². The maximum atomic E-state index is 13.3. The molecule has 1 fully saturated rings. The molecule has 192 valence electrons. The average molecular weight is 492 g/mol. The van der Waals surface area contributed by atoms with Gasteiger partial charge in [0.05, 0.1) is 6.67 Å². The number of carbonyl (C=O) groups excluding carboxylic acids is 6. The van der Waals surface area contributed by atoms with Gasteiger partial charge in [-0.2, -0.15) is 0 Å². The van der Waals surface area contributed by atoms with Crippen molar-refractivity contribution >= 4 is 35.8 Å². The van der Waals surface area contributed by atoms with Gasteiger partial charge < -0.3 is 28.4 Å². The minimum atomic E-state index is -2.19. The molecule has 0 aromatic carbocycles. The molecule has 0 heterocycles. The second-order valence-electron chi connectivity index (χ2n) is 7.62. The van der Waals surface area contributed by atoms with Crippen molar-refractivity contribution in [2.45, 2.75) is 90.5 Å². The first kappa shape index (κ1) is 28.8. The molecular weight excluding hydrogens is 463 g/mol. The Bertz CT molecular complexity index is 766. The van der Waals surface area contributed by atoms with E-state index in [0.717, 1.165) is 41.5 Å². The molecule has 1 aliphatic rings. The Morgan fingerprint density at radius 3 is 1.24 bits per heavy atom. The minimum Gasteiger partial charge on any atom is -0.454 e. The van der Waals surface area contributed by atoms with Crippen molar-refractivity contribution in [2.75, 3.05) is 6.67 Å². The fourth-order valence-electron chi connectivity index (χ4n) is 3.97. The molecule has 34 heavy (non-hydrogen) atoms. The van der Waals surface area contributed by atoms with Crippen molar-refractivity contribution in [1.29, 1.82) is 0 Å². The van der Waals surface area contributed by atoms with Gasteiger partial charge in [-0.25, -0.2) is 0 Å². The van der Waals surface area contributed by atoms with Crippen molar-refractivity contribution in [3.63, 3.8) is 0 Å². The SMILES string of the molecule is CC(=O)OC1C(OC(C)=O)[C@](CCCF)(OC(C)=O)C(OC(C)=O)C(OC(C)=O)[C@H]1OC(C)=O. The summed E-state index contributed by atoms with van der Waals surface area (Å²) in [7, 11) is 0. The lowest BCUT2D eigenvalue weighted by molar-refractivity contribution is -0.291. The van der Waals surface area contributed by atoms with Crippen molar-refractivity contribution in [3.8, 4) is 0 Å². The standard InChI is InChI=1S/C21H29FO12/c1-10(23)29-16-17(30-11(2)24)19(32-13(4)26)21(8-7-9-22,34-15(6)28)20(33-14(5)27)18(16)31-12(3)25/h16-20H,7-9H2,1-6H3/t16-,17?,18?,19?,20?,21-. The first-order valence-corrected chi connectivity index (χ1v) is 10.4. The van der Waals surface area contributed by atoms with Gasteiger partial charge in [0.1, 0.15) is 0 Å². The maximum Gasteiger partial charge on any atom is 0.303 e. The maximum absolute atomic E-state index is 13.3. The molecule has 0 N–H and O–H groups in total. The molecular formula is C21H29FO12. The molecule has 4 unspecified atom stereocenters. The predicted molar refractivity (Wildman–Crippen MR) is 107 cm³/mol. The third-order valence-corrected chi connectivity index (χ3v) is 4.73. The van der Waals surface area contributed by atoms with E-state index in [9.17, 15) is 33.2 Å². The topological polar surface area (TPSA) is 158 Å². The highest BCUT2D eigenvalue weighted by Crippen LogP contribution is 2.44. The summed E-state index contributed by atoms with van der Waals surface area (Å²) >= 11 is 0. The third-order valence-electron chi connectivity index (χ3n) is 4.73. The van der Waals surface area contributed by atoms with Crippen LogP contribution in [-0.2, 0) is 57.2 Å². The zero-order valence-corrected chi connectivity index (χ0v) is 19.8. The highest BCUT2D eigenvalue weighted by atomic mass is 19.1. The smallest absolute Gasteiger partial charge is 0.303 e. The lowest BCUT2D eigenvalue weighted by Gasteiger charge is -2.53. The van der Waals surface area contributed by atoms with Gasteiger partial charge in [-0.05, 0) is 12.8 Å². The van der Waals surface area contributed by atoms with Gasteiger partial charge in [0.15, 0.2) is 36.1 Å². The molecule has 4 atom stereocenters. The first-order valence-electron chi connectivity index (χ1n) is 10.4. The van der Waals surface area contributed by atoms with Gasteiger partial charge in [0.25, 0.3) is 0 Å². The van der Waals surface area contributed by atoms with Crippen LogP contribution in [0.4, 0.5) is 4.39 Å². The average Bonchev–Trinajstić information content (AvgIpc) is 2.67. The molecule has 0 radical (unpaired) electrons. The number of alkyl halides is 1. The van der Waals surface area contributed by atoms with Gasteiger partial charge in [0.2, 0.25) is 0 Å². The van der Waals surface area contributed by atoms with Crippen LogP contribution < -0.4 is 0 Å². The van der Waals surface area contributed by atoms with E-state index in [4.69, 9.17) is 28.4 Å². The molecule has 13 heteroatoms. The molecule has 12 nitrogen and oxygen atoms in total. The monoisotopic (exact) mass is 492 g/mol. The summed E-state index contributed by atoms with van der Waals surface area (Å²) in [6, 6.07) is 0. The van der Waals surface area contributed by atoms with Crippen LogP contribution in [-0.4, -0.2) is 78.6 Å². The molecule has 0 bridgehead atoms. The molecule has 0 amide bonds. The molecule has 0 aromatic heterocycles. The summed E-state index contributed by atoms with van der Waals surface area (Å²) in [6.07, 6.45) is -9.24. The van der Waals surface area contributed by atoms with Crippen LogP contribution in [0.25, 0.3) is 0 Å². The Morgan fingerprint density at radius 2 is 0.941 bits per heavy atom. The van der Waals surface area contributed by atoms with Gasteiger partial charge >= 0.3 is 35.8 Å². The van der Waals surface area contributed by atoms with Gasteiger partial charge in [-0.15, -0.1) is 0 Å². The fraction of sp³-hybridized carbons (Fsp3) is 0.714. The largest absolute Gasteiger partial charge is 0.454 e. The number of ether oxygens (including phenoxy) is 6.